The van der Waals surface area contributed by atoms with Crippen molar-refractivity contribution in [2.75, 3.05) is 0 Å². The third kappa shape index (κ3) is 2.79. The Morgan fingerprint density at radius 2 is 2.11 bits per heavy atom. The number of pyridine rings is 1. The van der Waals surface area contributed by atoms with Gasteiger partial charge >= 0.3 is 0 Å². The van der Waals surface area contributed by atoms with Gasteiger partial charge in [-0.1, -0.05) is 0 Å². The Hall–Kier alpha value is -2.50. The Morgan fingerprint density at radius 1 is 1.39 bits per heavy atom. The van der Waals surface area contributed by atoms with E-state index < -0.39 is 11.5 Å². The number of H-pyrrole nitrogens is 1. The van der Waals surface area contributed by atoms with E-state index in [1.807, 2.05) is 0 Å². The Kier molecular flexibility index (Phi) is 3.47. The number of nitrogens with one attached hydrogen (secondary N) is 2. The maximum absolute atomic E-state index is 11.8. The summed E-state index contributed by atoms with van der Waals surface area (Å²) in [6.07, 6.45) is 4.56. The number of aromatic amines is 1. The molecular weight excluding hydrogens is 232 g/mol. The number of carbonyl (C=O) groups excluding carboxylic acids is 1. The molecule has 0 aliphatic rings. The average Bonchev–Trinajstić information content (AvgIpc) is 2.37. The lowest BCUT2D eigenvalue weighted by Gasteiger charge is -2.04. The lowest BCUT2D eigenvalue weighted by Crippen LogP contribution is -2.29. The zero-order valence-corrected chi connectivity index (χ0v) is 9.80. The van der Waals surface area contributed by atoms with Crippen LogP contribution in [0, 0.1) is 6.92 Å². The number of carbonyl (C=O) groups is 1. The molecule has 0 spiro atoms. The molecule has 2 N–H and O–H groups in total. The van der Waals surface area contributed by atoms with E-state index in [0.717, 1.165) is 5.56 Å². The van der Waals surface area contributed by atoms with E-state index in [0.29, 0.717) is 12.4 Å². The second-order valence-electron chi connectivity index (χ2n) is 3.75. The monoisotopic (exact) mass is 244 g/mol. The predicted octanol–water partition coefficient (Wildman–Crippen LogP) is 0.403. The molecule has 0 bridgehead atoms. The number of hydrogen-bond donors (Lipinski definition) is 2. The maximum atomic E-state index is 11.8. The average molecular weight is 244 g/mol. The molecule has 0 saturated carbocycles. The lowest BCUT2D eigenvalue weighted by molar-refractivity contribution is 0.0949. The number of rotatable bonds is 3. The minimum absolute atomic E-state index is 0.00894. The van der Waals surface area contributed by atoms with Crippen molar-refractivity contribution in [2.45, 2.75) is 13.5 Å². The van der Waals surface area contributed by atoms with Gasteiger partial charge in [0.25, 0.3) is 11.5 Å². The van der Waals surface area contributed by atoms with Crippen molar-refractivity contribution in [1.29, 1.82) is 0 Å². The fourth-order valence-electron chi connectivity index (χ4n) is 1.42. The molecule has 6 heteroatoms. The smallest absolute Gasteiger partial charge is 0.263 e. The van der Waals surface area contributed by atoms with E-state index in [2.05, 4.69) is 20.3 Å². The molecule has 0 aromatic carbocycles. The normalized spacial score (nSPS) is 10.1. The quantitative estimate of drug-likeness (QED) is 0.818. The molecule has 0 fully saturated rings. The van der Waals surface area contributed by atoms with E-state index in [1.54, 1.807) is 31.5 Å². The number of aromatic nitrogens is 3. The Morgan fingerprint density at radius 3 is 2.78 bits per heavy atom. The van der Waals surface area contributed by atoms with E-state index in [-0.39, 0.29) is 5.56 Å². The SMILES string of the molecule is Cc1ncc(C(=O)NCc2ccncc2)c(=O)[nH]1. The zero-order valence-electron chi connectivity index (χ0n) is 9.80. The molecule has 2 aromatic heterocycles. The van der Waals surface area contributed by atoms with Crippen LogP contribution in [0.4, 0.5) is 0 Å². The first kappa shape index (κ1) is 12.0. The summed E-state index contributed by atoms with van der Waals surface area (Å²) in [6, 6.07) is 3.58. The third-order valence-electron chi connectivity index (χ3n) is 2.37. The van der Waals surface area contributed by atoms with Crippen LogP contribution in [0.25, 0.3) is 0 Å². The van der Waals surface area contributed by atoms with Crippen molar-refractivity contribution in [2.24, 2.45) is 0 Å². The fourth-order valence-corrected chi connectivity index (χ4v) is 1.42. The first-order valence-corrected chi connectivity index (χ1v) is 5.40. The molecule has 0 aliphatic heterocycles. The van der Waals surface area contributed by atoms with Crippen molar-refractivity contribution < 1.29 is 4.79 Å². The van der Waals surface area contributed by atoms with Gasteiger partial charge in [-0.2, -0.15) is 0 Å². The van der Waals surface area contributed by atoms with Gasteiger partial charge in [0.2, 0.25) is 0 Å². The van der Waals surface area contributed by atoms with Crippen LogP contribution < -0.4 is 10.9 Å². The van der Waals surface area contributed by atoms with Crippen LogP contribution in [0.5, 0.6) is 0 Å². The number of amides is 1. The molecular formula is C12H12N4O2. The van der Waals surface area contributed by atoms with E-state index in [1.165, 1.54) is 6.20 Å². The van der Waals surface area contributed by atoms with Crippen molar-refractivity contribution in [3.05, 3.63) is 58.0 Å². The zero-order chi connectivity index (χ0) is 13.0. The molecule has 0 radical (unpaired) electrons. The van der Waals surface area contributed by atoms with Crippen molar-refractivity contribution in [3.63, 3.8) is 0 Å². The molecule has 2 heterocycles. The van der Waals surface area contributed by atoms with Crippen LogP contribution in [-0.2, 0) is 6.54 Å². The minimum atomic E-state index is -0.444. The molecule has 1 amide bonds. The first-order chi connectivity index (χ1) is 8.66. The summed E-state index contributed by atoms with van der Waals surface area (Å²) in [6.45, 7) is 1.99. The highest BCUT2D eigenvalue weighted by Gasteiger charge is 2.10. The van der Waals surface area contributed by atoms with Crippen LogP contribution >= 0.6 is 0 Å². The summed E-state index contributed by atoms with van der Waals surface area (Å²) < 4.78 is 0. The molecule has 92 valence electrons. The van der Waals surface area contributed by atoms with Crippen LogP contribution in [0.2, 0.25) is 0 Å². The van der Waals surface area contributed by atoms with Crippen molar-refractivity contribution in [3.8, 4) is 0 Å². The van der Waals surface area contributed by atoms with Gasteiger partial charge in [-0.15, -0.1) is 0 Å². The number of aryl methyl sites for hydroxylation is 1. The van der Waals surface area contributed by atoms with Gasteiger partial charge in [0, 0.05) is 25.1 Å². The van der Waals surface area contributed by atoms with Gasteiger partial charge in [0.1, 0.15) is 11.4 Å². The van der Waals surface area contributed by atoms with Crippen LogP contribution in [0.15, 0.2) is 35.5 Å². The molecule has 6 nitrogen and oxygen atoms in total. The van der Waals surface area contributed by atoms with Gasteiger partial charge in [-0.3, -0.25) is 14.6 Å². The highest BCUT2D eigenvalue weighted by atomic mass is 16.2. The molecule has 0 saturated heterocycles. The summed E-state index contributed by atoms with van der Waals surface area (Å²) in [5, 5.41) is 2.65. The molecule has 0 unspecified atom stereocenters. The van der Waals surface area contributed by atoms with Crippen molar-refractivity contribution in [1.82, 2.24) is 20.3 Å². The first-order valence-electron chi connectivity index (χ1n) is 5.40. The van der Waals surface area contributed by atoms with Gasteiger partial charge in [0.15, 0.2) is 0 Å². The lowest BCUT2D eigenvalue weighted by atomic mass is 10.2. The summed E-state index contributed by atoms with van der Waals surface area (Å²) in [7, 11) is 0. The van der Waals surface area contributed by atoms with E-state index in [9.17, 15) is 9.59 Å². The van der Waals surface area contributed by atoms with Crippen LogP contribution in [0.1, 0.15) is 21.7 Å². The van der Waals surface area contributed by atoms with E-state index in [4.69, 9.17) is 0 Å². The topological polar surface area (TPSA) is 87.7 Å². The second kappa shape index (κ2) is 5.22. The Bertz CT molecular complexity index is 607. The summed E-state index contributed by atoms with van der Waals surface area (Å²) in [5.74, 6) is 0.0336. The van der Waals surface area contributed by atoms with Gasteiger partial charge in [0.05, 0.1) is 0 Å². The van der Waals surface area contributed by atoms with Crippen LogP contribution in [-0.4, -0.2) is 20.9 Å². The van der Waals surface area contributed by atoms with E-state index >= 15 is 0 Å². The summed E-state index contributed by atoms with van der Waals surface area (Å²) in [4.78, 5) is 33.5. The van der Waals surface area contributed by atoms with Crippen LogP contribution in [0.3, 0.4) is 0 Å². The highest BCUT2D eigenvalue weighted by Crippen LogP contribution is 1.96. The maximum Gasteiger partial charge on any atom is 0.263 e. The molecule has 0 atom stereocenters. The van der Waals surface area contributed by atoms with Gasteiger partial charge in [-0.05, 0) is 24.6 Å². The molecule has 2 aromatic rings. The standard InChI is InChI=1S/C12H12N4O2/c1-8-14-7-10(12(18)16-8)11(17)15-6-9-2-4-13-5-3-9/h2-5,7H,6H2,1H3,(H,15,17)(H,14,16,18). The Labute approximate surface area is 103 Å². The second-order valence-corrected chi connectivity index (χ2v) is 3.75. The molecule has 0 aliphatic carbocycles. The third-order valence-corrected chi connectivity index (χ3v) is 2.37. The van der Waals surface area contributed by atoms with Gasteiger partial charge < -0.3 is 10.3 Å². The Balaban J connectivity index is 2.06. The minimum Gasteiger partial charge on any atom is -0.348 e. The van der Waals surface area contributed by atoms with Gasteiger partial charge in [-0.25, -0.2) is 4.98 Å². The number of hydrogen-bond acceptors (Lipinski definition) is 4. The summed E-state index contributed by atoms with van der Waals surface area (Å²) >= 11 is 0. The fraction of sp³-hybridized carbons (Fsp3) is 0.167. The van der Waals surface area contributed by atoms with Crippen molar-refractivity contribution >= 4 is 5.91 Å². The molecule has 2 rings (SSSR count). The number of nitrogens with zero attached hydrogens (tertiary/aromatic N) is 2. The summed E-state index contributed by atoms with van der Waals surface area (Å²) in [5.41, 5.74) is 0.485. The largest absolute Gasteiger partial charge is 0.348 e. The highest BCUT2D eigenvalue weighted by molar-refractivity contribution is 5.93. The molecule has 18 heavy (non-hydrogen) atoms. The predicted molar refractivity (Wildman–Crippen MR) is 65.0 cm³/mol.